The number of ketones is 1. The molecular weight excluding hydrogens is 567 g/mol. The van der Waals surface area contributed by atoms with Gasteiger partial charge >= 0.3 is 12.1 Å². The molecular formula is C33H39F5N2O3. The van der Waals surface area contributed by atoms with Crippen LogP contribution in [0.2, 0.25) is 0 Å². The number of allylic oxidation sites excluding steroid dienone is 4. The Morgan fingerprint density at radius 2 is 1.67 bits per heavy atom. The Hall–Kier alpha value is -2.59. The molecule has 5 aliphatic rings. The van der Waals surface area contributed by atoms with Crippen LogP contribution in [0.25, 0.3) is 0 Å². The summed E-state index contributed by atoms with van der Waals surface area (Å²) in [6.45, 7) is 6.52. The van der Waals surface area contributed by atoms with E-state index in [9.17, 15) is 27.9 Å². The Morgan fingerprint density at radius 3 is 2.30 bits per heavy atom. The van der Waals surface area contributed by atoms with Gasteiger partial charge in [-0.25, -0.2) is 0 Å². The van der Waals surface area contributed by atoms with Gasteiger partial charge in [0.05, 0.1) is 0 Å². The van der Waals surface area contributed by atoms with E-state index >= 15 is 8.78 Å². The third-order valence-corrected chi connectivity index (χ3v) is 11.4. The largest absolute Gasteiger partial charge is 0.456 e. The third kappa shape index (κ3) is 4.78. The molecule has 0 aromatic heterocycles. The molecule has 0 radical (unpaired) electrons. The Bertz CT molecular complexity index is 1360. The molecule has 1 saturated heterocycles. The predicted octanol–water partition coefficient (Wildman–Crippen LogP) is 6.18. The van der Waals surface area contributed by atoms with Gasteiger partial charge in [-0.3, -0.25) is 14.5 Å². The molecule has 5 nitrogen and oxygen atoms in total. The van der Waals surface area contributed by atoms with E-state index in [1.807, 2.05) is 29.2 Å². The van der Waals surface area contributed by atoms with Crippen LogP contribution in [0, 0.1) is 17.3 Å². The molecule has 0 spiro atoms. The standard InChI is InChI=1S/C33H39F5N2O3/c1-20(41)40-15-13-39(14-16-40)19-21-3-5-22(6-4-21)27-18-30(2)28(11-12-31(30,43)32(34,35)33(36,37)38)26-9-7-23-17-24(42)8-10-25(23)29(26)27/h3-6,17,26-28,43H,7-16,18-19H2,1-2H3/t26-,27+,28-,30-,31+/m0/s1. The van der Waals surface area contributed by atoms with Gasteiger partial charge in [0.1, 0.15) is 5.60 Å². The minimum atomic E-state index is -5.86. The molecule has 1 aliphatic heterocycles. The lowest BCUT2D eigenvalue weighted by molar-refractivity contribution is -0.362. The van der Waals surface area contributed by atoms with E-state index in [0.29, 0.717) is 45.3 Å². The van der Waals surface area contributed by atoms with Crippen LogP contribution in [-0.2, 0) is 16.1 Å². The third-order valence-electron chi connectivity index (χ3n) is 11.4. The van der Waals surface area contributed by atoms with Crippen LogP contribution in [0.5, 0.6) is 0 Å². The Morgan fingerprint density at radius 1 is 1.00 bits per heavy atom. The molecule has 4 aliphatic carbocycles. The lowest BCUT2D eigenvalue weighted by Crippen LogP contribution is -2.65. The molecule has 5 atom stereocenters. The van der Waals surface area contributed by atoms with Gasteiger partial charge in [0.2, 0.25) is 5.91 Å². The van der Waals surface area contributed by atoms with Gasteiger partial charge in [0.15, 0.2) is 5.78 Å². The molecule has 234 valence electrons. The number of fused-ring (bicyclic) bond motifs is 4. The summed E-state index contributed by atoms with van der Waals surface area (Å²) < 4.78 is 71.7. The molecule has 0 unspecified atom stereocenters. The maximum atomic E-state index is 15.2. The molecule has 43 heavy (non-hydrogen) atoms. The summed E-state index contributed by atoms with van der Waals surface area (Å²) in [6, 6.07) is 7.86. The number of piperazine rings is 1. The molecule has 3 fully saturated rings. The normalized spacial score (nSPS) is 33.6. The molecule has 1 N–H and O–H groups in total. The van der Waals surface area contributed by atoms with Crippen molar-refractivity contribution in [3.05, 3.63) is 58.2 Å². The summed E-state index contributed by atoms with van der Waals surface area (Å²) in [5.74, 6) is -6.32. The zero-order valence-corrected chi connectivity index (χ0v) is 24.7. The maximum Gasteiger partial charge on any atom is 0.456 e. The van der Waals surface area contributed by atoms with E-state index in [1.54, 1.807) is 13.0 Å². The summed E-state index contributed by atoms with van der Waals surface area (Å²) in [6.07, 6.45) is -2.67. The fourth-order valence-corrected chi connectivity index (χ4v) is 9.05. The Labute approximate surface area is 248 Å². The first-order chi connectivity index (χ1) is 20.2. The highest BCUT2D eigenvalue weighted by molar-refractivity contribution is 5.93. The van der Waals surface area contributed by atoms with Crippen molar-refractivity contribution in [3.63, 3.8) is 0 Å². The summed E-state index contributed by atoms with van der Waals surface area (Å²) in [7, 11) is 0. The first-order valence-corrected chi connectivity index (χ1v) is 15.4. The van der Waals surface area contributed by atoms with Crippen molar-refractivity contribution in [3.8, 4) is 0 Å². The number of amides is 1. The van der Waals surface area contributed by atoms with E-state index in [-0.39, 0.29) is 30.4 Å². The van der Waals surface area contributed by atoms with Crippen LogP contribution < -0.4 is 0 Å². The maximum absolute atomic E-state index is 15.2. The van der Waals surface area contributed by atoms with Gasteiger partial charge < -0.3 is 10.0 Å². The topological polar surface area (TPSA) is 60.9 Å². The first kappa shape index (κ1) is 30.4. The van der Waals surface area contributed by atoms with E-state index in [2.05, 4.69) is 4.90 Å². The number of carbonyl (C=O) groups is 2. The van der Waals surface area contributed by atoms with Crippen molar-refractivity contribution in [2.45, 2.75) is 89.0 Å². The van der Waals surface area contributed by atoms with E-state index in [0.717, 1.165) is 40.9 Å². The first-order valence-electron chi connectivity index (χ1n) is 15.4. The van der Waals surface area contributed by atoms with E-state index in [4.69, 9.17) is 0 Å². The van der Waals surface area contributed by atoms with Gasteiger partial charge in [-0.05, 0) is 78.7 Å². The molecule has 1 aromatic rings. The highest BCUT2D eigenvalue weighted by atomic mass is 19.4. The molecule has 1 amide bonds. The van der Waals surface area contributed by atoms with Gasteiger partial charge in [-0.15, -0.1) is 0 Å². The number of benzene rings is 1. The van der Waals surface area contributed by atoms with Crippen molar-refractivity contribution >= 4 is 11.7 Å². The predicted molar refractivity (Wildman–Crippen MR) is 150 cm³/mol. The molecule has 10 heteroatoms. The van der Waals surface area contributed by atoms with Gasteiger partial charge in [-0.1, -0.05) is 36.8 Å². The SMILES string of the molecule is CC(=O)N1CCN(Cc2ccc([C@H]3C[C@@]4(C)[C@@H](CC[C@]4(O)C(F)(F)C(F)(F)F)[C@@H]4CCC5=CC(=O)CCC5=C43)cc2)CC1. The van der Waals surface area contributed by atoms with E-state index in [1.165, 1.54) is 6.92 Å². The zero-order valence-electron chi connectivity index (χ0n) is 24.7. The molecule has 0 bridgehead atoms. The number of carbonyl (C=O) groups excluding carboxylic acids is 2. The number of aliphatic hydroxyl groups is 1. The van der Waals surface area contributed by atoms with Gasteiger partial charge in [-0.2, -0.15) is 22.0 Å². The quantitative estimate of drug-likeness (QED) is 0.416. The van der Waals surface area contributed by atoms with Crippen molar-refractivity contribution in [2.75, 3.05) is 26.2 Å². The number of rotatable bonds is 4. The van der Waals surface area contributed by atoms with Gasteiger partial charge in [0.25, 0.3) is 0 Å². The average molecular weight is 607 g/mol. The van der Waals surface area contributed by atoms with Crippen LogP contribution >= 0.6 is 0 Å². The van der Waals surface area contributed by atoms with Crippen molar-refractivity contribution in [2.24, 2.45) is 17.3 Å². The fourth-order valence-electron chi connectivity index (χ4n) is 9.05. The minimum Gasteiger partial charge on any atom is -0.383 e. The fraction of sp³-hybridized carbons (Fsp3) is 0.636. The molecule has 1 heterocycles. The Balaban J connectivity index is 1.36. The van der Waals surface area contributed by atoms with Crippen LogP contribution in [0.3, 0.4) is 0 Å². The number of hydrogen-bond donors (Lipinski definition) is 1. The highest BCUT2D eigenvalue weighted by Gasteiger charge is 2.79. The number of alkyl halides is 5. The van der Waals surface area contributed by atoms with Crippen molar-refractivity contribution in [1.82, 2.24) is 9.80 Å². The van der Waals surface area contributed by atoms with Crippen LogP contribution in [0.1, 0.15) is 75.8 Å². The number of nitrogens with zero attached hydrogens (tertiary/aromatic N) is 2. The second-order valence-electron chi connectivity index (χ2n) is 13.5. The second kappa shape index (κ2) is 10.5. The summed E-state index contributed by atoms with van der Waals surface area (Å²) >= 11 is 0. The monoisotopic (exact) mass is 606 g/mol. The molecule has 6 rings (SSSR count). The summed E-state index contributed by atoms with van der Waals surface area (Å²) in [4.78, 5) is 28.0. The molecule has 2 saturated carbocycles. The molecule has 1 aromatic carbocycles. The summed E-state index contributed by atoms with van der Waals surface area (Å²) in [5.41, 5.74) is 0.104. The Kier molecular flexibility index (Phi) is 7.43. The van der Waals surface area contributed by atoms with Crippen molar-refractivity contribution < 1.29 is 36.6 Å². The smallest absolute Gasteiger partial charge is 0.383 e. The highest BCUT2D eigenvalue weighted by Crippen LogP contribution is 2.70. The minimum absolute atomic E-state index is 0.0251. The average Bonchev–Trinajstić information content (AvgIpc) is 3.24. The second-order valence-corrected chi connectivity index (χ2v) is 13.5. The van der Waals surface area contributed by atoms with Crippen LogP contribution in [0.15, 0.2) is 47.1 Å². The number of hydrogen-bond acceptors (Lipinski definition) is 4. The van der Waals surface area contributed by atoms with Crippen LogP contribution in [0.4, 0.5) is 22.0 Å². The lowest BCUT2D eigenvalue weighted by atomic mass is 9.50. The van der Waals surface area contributed by atoms with E-state index < -0.39 is 41.4 Å². The number of halogens is 5. The van der Waals surface area contributed by atoms with Crippen molar-refractivity contribution in [1.29, 1.82) is 0 Å². The lowest BCUT2D eigenvalue weighted by Gasteiger charge is -2.56. The van der Waals surface area contributed by atoms with Gasteiger partial charge in [0, 0.05) is 57.4 Å². The zero-order chi connectivity index (χ0) is 30.9. The van der Waals surface area contributed by atoms with Crippen LogP contribution in [-0.4, -0.2) is 70.5 Å². The summed E-state index contributed by atoms with van der Waals surface area (Å²) in [5, 5.41) is 11.4.